The predicted octanol–water partition coefficient (Wildman–Crippen LogP) is 2.61. The first-order chi connectivity index (χ1) is 6.27. The SMILES string of the molecule is CC(Br)Cc1n[nH]c2c1CCCC2. The number of H-pyrrole nitrogens is 1. The Morgan fingerprint density at radius 3 is 3.00 bits per heavy atom. The Morgan fingerprint density at radius 2 is 2.23 bits per heavy atom. The second-order valence-electron chi connectivity index (χ2n) is 3.82. The molecule has 72 valence electrons. The summed E-state index contributed by atoms with van der Waals surface area (Å²) < 4.78 is 0. The first kappa shape index (κ1) is 9.25. The zero-order chi connectivity index (χ0) is 9.26. The summed E-state index contributed by atoms with van der Waals surface area (Å²) in [4.78, 5) is 0.529. The van der Waals surface area contributed by atoms with Crippen molar-refractivity contribution in [3.63, 3.8) is 0 Å². The van der Waals surface area contributed by atoms with Crippen LogP contribution in [0.15, 0.2) is 0 Å². The number of halogens is 1. The summed E-state index contributed by atoms with van der Waals surface area (Å²) in [6.07, 6.45) is 6.11. The molecule has 0 amide bonds. The number of fused-ring (bicyclic) bond motifs is 1. The van der Waals surface area contributed by atoms with Crippen LogP contribution < -0.4 is 0 Å². The highest BCUT2D eigenvalue weighted by molar-refractivity contribution is 9.09. The fraction of sp³-hybridized carbons (Fsp3) is 0.700. The second-order valence-corrected chi connectivity index (χ2v) is 5.38. The number of aromatic nitrogens is 2. The molecule has 1 aliphatic carbocycles. The van der Waals surface area contributed by atoms with Crippen molar-refractivity contribution in [1.29, 1.82) is 0 Å². The van der Waals surface area contributed by atoms with E-state index in [9.17, 15) is 0 Å². The molecule has 1 atom stereocenters. The summed E-state index contributed by atoms with van der Waals surface area (Å²) in [5.41, 5.74) is 4.16. The minimum Gasteiger partial charge on any atom is -0.282 e. The van der Waals surface area contributed by atoms with E-state index in [4.69, 9.17) is 0 Å². The minimum atomic E-state index is 0.529. The zero-order valence-corrected chi connectivity index (χ0v) is 9.52. The number of hydrogen-bond acceptors (Lipinski definition) is 1. The topological polar surface area (TPSA) is 28.7 Å². The molecule has 3 heteroatoms. The van der Waals surface area contributed by atoms with Gasteiger partial charge in [0.2, 0.25) is 0 Å². The standard InChI is InChI=1S/C10H15BrN2/c1-7(11)6-10-8-4-2-3-5-9(8)12-13-10/h7H,2-6H2,1H3,(H,12,13). The number of aryl methyl sites for hydroxylation is 1. The Bertz CT molecular complexity index is 291. The van der Waals surface area contributed by atoms with Crippen molar-refractivity contribution in [1.82, 2.24) is 10.2 Å². The summed E-state index contributed by atoms with van der Waals surface area (Å²) in [5.74, 6) is 0. The molecule has 13 heavy (non-hydrogen) atoms. The third kappa shape index (κ3) is 1.96. The van der Waals surface area contributed by atoms with E-state index in [0.29, 0.717) is 4.83 Å². The number of hydrogen-bond donors (Lipinski definition) is 1. The van der Waals surface area contributed by atoms with Crippen molar-refractivity contribution in [2.75, 3.05) is 0 Å². The van der Waals surface area contributed by atoms with Crippen LogP contribution in [0.1, 0.15) is 36.7 Å². The average Bonchev–Trinajstić information content (AvgIpc) is 2.48. The molecule has 0 spiro atoms. The van der Waals surface area contributed by atoms with Crippen molar-refractivity contribution in [3.8, 4) is 0 Å². The summed E-state index contributed by atoms with van der Waals surface area (Å²) in [7, 11) is 0. The van der Waals surface area contributed by atoms with E-state index in [-0.39, 0.29) is 0 Å². The minimum absolute atomic E-state index is 0.529. The number of rotatable bonds is 2. The number of nitrogens with one attached hydrogen (secondary N) is 1. The predicted molar refractivity (Wildman–Crippen MR) is 57.3 cm³/mol. The van der Waals surface area contributed by atoms with Gasteiger partial charge in [0, 0.05) is 16.9 Å². The first-order valence-electron chi connectivity index (χ1n) is 4.96. The zero-order valence-electron chi connectivity index (χ0n) is 7.94. The fourth-order valence-electron chi connectivity index (χ4n) is 1.98. The molecule has 1 aliphatic rings. The Hall–Kier alpha value is -0.310. The van der Waals surface area contributed by atoms with Crippen LogP contribution in [0, 0.1) is 0 Å². The van der Waals surface area contributed by atoms with Crippen LogP contribution in [0.25, 0.3) is 0 Å². The number of aromatic amines is 1. The largest absolute Gasteiger partial charge is 0.282 e. The van der Waals surface area contributed by atoms with Crippen LogP contribution in [-0.4, -0.2) is 15.0 Å². The molecular formula is C10H15BrN2. The van der Waals surface area contributed by atoms with Crippen LogP contribution in [0.3, 0.4) is 0 Å². The van der Waals surface area contributed by atoms with Crippen molar-refractivity contribution < 1.29 is 0 Å². The lowest BCUT2D eigenvalue weighted by Gasteiger charge is -2.11. The van der Waals surface area contributed by atoms with Crippen LogP contribution >= 0.6 is 15.9 Å². The van der Waals surface area contributed by atoms with Crippen LogP contribution in [0.5, 0.6) is 0 Å². The van der Waals surface area contributed by atoms with Crippen molar-refractivity contribution >= 4 is 15.9 Å². The van der Waals surface area contributed by atoms with Gasteiger partial charge in [-0.15, -0.1) is 0 Å². The van der Waals surface area contributed by atoms with E-state index < -0.39 is 0 Å². The fourth-order valence-corrected chi connectivity index (χ4v) is 2.29. The maximum absolute atomic E-state index is 4.38. The normalized spacial score (nSPS) is 18.3. The summed E-state index contributed by atoms with van der Waals surface area (Å²) in [6.45, 7) is 2.17. The lowest BCUT2D eigenvalue weighted by atomic mass is 9.95. The molecule has 1 N–H and O–H groups in total. The van der Waals surface area contributed by atoms with Gasteiger partial charge < -0.3 is 0 Å². The summed E-state index contributed by atoms with van der Waals surface area (Å²) >= 11 is 3.57. The van der Waals surface area contributed by atoms with Gasteiger partial charge in [0.1, 0.15) is 0 Å². The molecule has 2 rings (SSSR count). The van der Waals surface area contributed by atoms with Crippen molar-refractivity contribution in [2.45, 2.75) is 43.9 Å². The van der Waals surface area contributed by atoms with Crippen LogP contribution in [-0.2, 0) is 19.3 Å². The third-order valence-corrected chi connectivity index (χ3v) is 2.94. The molecule has 1 heterocycles. The lowest BCUT2D eigenvalue weighted by Crippen LogP contribution is -2.05. The van der Waals surface area contributed by atoms with E-state index >= 15 is 0 Å². The Labute approximate surface area is 87.2 Å². The molecule has 0 bridgehead atoms. The Balaban J connectivity index is 2.21. The summed E-state index contributed by atoms with van der Waals surface area (Å²) in [5, 5.41) is 7.54. The number of nitrogens with zero attached hydrogens (tertiary/aromatic N) is 1. The van der Waals surface area contributed by atoms with E-state index in [1.165, 1.54) is 42.6 Å². The van der Waals surface area contributed by atoms with Gasteiger partial charge in [0.05, 0.1) is 5.69 Å². The van der Waals surface area contributed by atoms with Gasteiger partial charge in [0.25, 0.3) is 0 Å². The monoisotopic (exact) mass is 242 g/mol. The quantitative estimate of drug-likeness (QED) is 0.794. The Morgan fingerprint density at radius 1 is 1.46 bits per heavy atom. The van der Waals surface area contributed by atoms with Gasteiger partial charge in [-0.25, -0.2) is 0 Å². The molecule has 0 saturated carbocycles. The van der Waals surface area contributed by atoms with E-state index in [1.807, 2.05) is 0 Å². The molecule has 0 fully saturated rings. The molecule has 1 aromatic rings. The maximum Gasteiger partial charge on any atom is 0.0667 e. The highest BCUT2D eigenvalue weighted by Gasteiger charge is 2.17. The van der Waals surface area contributed by atoms with Crippen LogP contribution in [0.4, 0.5) is 0 Å². The Kier molecular flexibility index (Phi) is 2.72. The molecule has 0 saturated heterocycles. The van der Waals surface area contributed by atoms with Crippen molar-refractivity contribution in [3.05, 3.63) is 17.0 Å². The highest BCUT2D eigenvalue weighted by atomic mass is 79.9. The summed E-state index contributed by atoms with van der Waals surface area (Å²) in [6, 6.07) is 0. The molecule has 0 aromatic carbocycles. The molecule has 2 nitrogen and oxygen atoms in total. The molecule has 0 radical (unpaired) electrons. The highest BCUT2D eigenvalue weighted by Crippen LogP contribution is 2.23. The van der Waals surface area contributed by atoms with E-state index in [1.54, 1.807) is 0 Å². The van der Waals surface area contributed by atoms with Gasteiger partial charge in [-0.3, -0.25) is 5.10 Å². The molecular weight excluding hydrogens is 228 g/mol. The van der Waals surface area contributed by atoms with Gasteiger partial charge >= 0.3 is 0 Å². The lowest BCUT2D eigenvalue weighted by molar-refractivity contribution is 0.671. The van der Waals surface area contributed by atoms with Gasteiger partial charge in [-0.2, -0.15) is 5.10 Å². The van der Waals surface area contributed by atoms with Crippen molar-refractivity contribution in [2.24, 2.45) is 0 Å². The first-order valence-corrected chi connectivity index (χ1v) is 5.88. The second kappa shape index (κ2) is 3.82. The van der Waals surface area contributed by atoms with Gasteiger partial charge in [-0.05, 0) is 31.2 Å². The van der Waals surface area contributed by atoms with Gasteiger partial charge in [0.15, 0.2) is 0 Å². The molecule has 0 aliphatic heterocycles. The third-order valence-electron chi connectivity index (χ3n) is 2.62. The smallest absolute Gasteiger partial charge is 0.0667 e. The van der Waals surface area contributed by atoms with E-state index in [2.05, 4.69) is 33.1 Å². The maximum atomic E-state index is 4.38. The molecule has 1 aromatic heterocycles. The average molecular weight is 243 g/mol. The number of alkyl halides is 1. The molecule has 1 unspecified atom stereocenters. The van der Waals surface area contributed by atoms with Crippen LogP contribution in [0.2, 0.25) is 0 Å². The van der Waals surface area contributed by atoms with E-state index in [0.717, 1.165) is 6.42 Å². The van der Waals surface area contributed by atoms with Gasteiger partial charge in [-0.1, -0.05) is 22.9 Å².